The van der Waals surface area contributed by atoms with Crippen molar-refractivity contribution < 1.29 is 22.3 Å². The highest BCUT2D eigenvalue weighted by atomic mass is 19.2. The smallest absolute Gasteiger partial charge is 0.201 e. The Morgan fingerprint density at radius 3 is 2.02 bits per heavy atom. The number of halogens is 4. The minimum Gasteiger partial charge on any atom is -0.490 e. The van der Waals surface area contributed by atoms with Gasteiger partial charge in [0.25, 0.3) is 0 Å². The van der Waals surface area contributed by atoms with Crippen molar-refractivity contribution in [3.05, 3.63) is 95.6 Å². The predicted molar refractivity (Wildman–Crippen MR) is 156 cm³/mol. The molecule has 40 heavy (non-hydrogen) atoms. The summed E-state index contributed by atoms with van der Waals surface area (Å²) in [5.41, 5.74) is 2.27. The van der Waals surface area contributed by atoms with E-state index >= 15 is 8.78 Å². The molecule has 3 aromatic rings. The molecular formula is C35H38F4O. The quantitative estimate of drug-likeness (QED) is 0.124. The molecular weight excluding hydrogens is 512 g/mol. The van der Waals surface area contributed by atoms with Gasteiger partial charge >= 0.3 is 0 Å². The van der Waals surface area contributed by atoms with Crippen molar-refractivity contribution in [2.24, 2.45) is 5.92 Å². The molecule has 0 saturated carbocycles. The van der Waals surface area contributed by atoms with Crippen LogP contribution in [0.3, 0.4) is 0 Å². The molecule has 0 heterocycles. The second-order valence-electron chi connectivity index (χ2n) is 10.5. The van der Waals surface area contributed by atoms with E-state index in [0.717, 1.165) is 63.4 Å². The second kappa shape index (κ2) is 14.3. The maximum atomic E-state index is 15.2. The molecule has 5 heteroatoms. The SMILES string of the molecule is CC=CCCC1CC=C(c2ccc(-c3ccc(-c4ccc(OCCCCCC)c(F)c4F)cc3)c(F)c2F)CC1. The first kappa shape index (κ1) is 29.6. The van der Waals surface area contributed by atoms with Crippen LogP contribution in [-0.2, 0) is 0 Å². The van der Waals surface area contributed by atoms with Crippen LogP contribution < -0.4 is 4.74 Å². The lowest BCUT2D eigenvalue weighted by Gasteiger charge is -2.22. The number of rotatable bonds is 12. The maximum Gasteiger partial charge on any atom is 0.201 e. The van der Waals surface area contributed by atoms with E-state index in [4.69, 9.17) is 4.74 Å². The standard InChI is InChI=1S/C35H38F4O/c1-3-5-7-9-23-40-31-22-21-30(34(38)35(31)39)27-17-15-26(16-18-27)29-20-19-28(32(36)33(29)37)25-13-11-24(12-14-25)10-8-6-4-2/h4,6,13,15-22,24H,3,5,7-12,14,23H2,1-2H3. The summed E-state index contributed by atoms with van der Waals surface area (Å²) in [6.07, 6.45) is 14.9. The fourth-order valence-corrected chi connectivity index (χ4v) is 5.32. The average molecular weight is 551 g/mol. The van der Waals surface area contributed by atoms with Crippen LogP contribution in [0, 0.1) is 29.2 Å². The summed E-state index contributed by atoms with van der Waals surface area (Å²) < 4.78 is 65.3. The topological polar surface area (TPSA) is 9.23 Å². The van der Waals surface area contributed by atoms with Crippen molar-refractivity contribution in [3.63, 3.8) is 0 Å². The average Bonchev–Trinajstić information content (AvgIpc) is 2.97. The highest BCUT2D eigenvalue weighted by Gasteiger charge is 2.21. The zero-order valence-electron chi connectivity index (χ0n) is 23.4. The maximum absolute atomic E-state index is 15.2. The third-order valence-electron chi connectivity index (χ3n) is 7.73. The normalized spacial score (nSPS) is 15.4. The molecule has 0 saturated heterocycles. The van der Waals surface area contributed by atoms with Crippen LogP contribution in [0.4, 0.5) is 17.6 Å². The molecule has 0 aromatic heterocycles. The van der Waals surface area contributed by atoms with Crippen LogP contribution >= 0.6 is 0 Å². The fourth-order valence-electron chi connectivity index (χ4n) is 5.32. The fraction of sp³-hybridized carbons (Fsp3) is 0.371. The third kappa shape index (κ3) is 7.04. The Labute approximate surface area is 235 Å². The largest absolute Gasteiger partial charge is 0.490 e. The zero-order chi connectivity index (χ0) is 28.5. The Kier molecular flexibility index (Phi) is 10.6. The van der Waals surface area contributed by atoms with Crippen LogP contribution in [0.25, 0.3) is 27.8 Å². The molecule has 1 nitrogen and oxygen atoms in total. The van der Waals surface area contributed by atoms with Crippen LogP contribution in [0.15, 0.2) is 66.8 Å². The summed E-state index contributed by atoms with van der Waals surface area (Å²) in [7, 11) is 0. The molecule has 3 aromatic carbocycles. The highest BCUT2D eigenvalue weighted by molar-refractivity contribution is 5.74. The van der Waals surface area contributed by atoms with Gasteiger partial charge in [-0.15, -0.1) is 0 Å². The highest BCUT2D eigenvalue weighted by Crippen LogP contribution is 2.37. The van der Waals surface area contributed by atoms with Gasteiger partial charge in [0.15, 0.2) is 23.2 Å². The van der Waals surface area contributed by atoms with Gasteiger partial charge in [0, 0.05) is 16.7 Å². The number of unbranched alkanes of at least 4 members (excludes halogenated alkanes) is 3. The van der Waals surface area contributed by atoms with Gasteiger partial charge in [0.1, 0.15) is 0 Å². The molecule has 1 atom stereocenters. The van der Waals surface area contributed by atoms with E-state index in [1.54, 1.807) is 36.4 Å². The van der Waals surface area contributed by atoms with Crippen molar-refractivity contribution in [3.8, 4) is 28.0 Å². The van der Waals surface area contributed by atoms with Gasteiger partial charge in [0.2, 0.25) is 5.82 Å². The lowest BCUT2D eigenvalue weighted by atomic mass is 9.83. The Bertz CT molecular complexity index is 1340. The lowest BCUT2D eigenvalue weighted by molar-refractivity contribution is 0.285. The zero-order valence-corrected chi connectivity index (χ0v) is 23.4. The van der Waals surface area contributed by atoms with E-state index in [-0.39, 0.29) is 16.9 Å². The molecule has 0 amide bonds. The third-order valence-corrected chi connectivity index (χ3v) is 7.73. The van der Waals surface area contributed by atoms with E-state index in [1.807, 2.05) is 13.0 Å². The molecule has 0 aliphatic heterocycles. The monoisotopic (exact) mass is 550 g/mol. The Morgan fingerprint density at radius 1 is 0.775 bits per heavy atom. The van der Waals surface area contributed by atoms with Gasteiger partial charge in [0.05, 0.1) is 6.61 Å². The van der Waals surface area contributed by atoms with E-state index in [9.17, 15) is 8.78 Å². The van der Waals surface area contributed by atoms with Gasteiger partial charge in [-0.2, -0.15) is 4.39 Å². The summed E-state index contributed by atoms with van der Waals surface area (Å²) >= 11 is 0. The van der Waals surface area contributed by atoms with Crippen molar-refractivity contribution in [2.75, 3.05) is 6.61 Å². The first-order valence-electron chi connectivity index (χ1n) is 14.4. The van der Waals surface area contributed by atoms with Crippen LogP contribution in [0.1, 0.15) is 77.2 Å². The number of hydrogen-bond donors (Lipinski definition) is 0. The number of benzene rings is 3. The Morgan fingerprint density at radius 2 is 1.40 bits per heavy atom. The van der Waals surface area contributed by atoms with E-state index in [2.05, 4.69) is 19.1 Å². The second-order valence-corrected chi connectivity index (χ2v) is 10.5. The number of hydrogen-bond acceptors (Lipinski definition) is 1. The predicted octanol–water partition coefficient (Wildman–Crippen LogP) is 11.1. The molecule has 1 unspecified atom stereocenters. The minimum absolute atomic E-state index is 0.0811. The van der Waals surface area contributed by atoms with E-state index in [0.29, 0.717) is 29.2 Å². The molecule has 0 bridgehead atoms. The van der Waals surface area contributed by atoms with Crippen molar-refractivity contribution in [1.82, 2.24) is 0 Å². The van der Waals surface area contributed by atoms with Crippen LogP contribution in [0.5, 0.6) is 5.75 Å². The summed E-state index contributed by atoms with van der Waals surface area (Å²) in [5, 5.41) is 0. The summed E-state index contributed by atoms with van der Waals surface area (Å²) in [6, 6.07) is 12.5. The van der Waals surface area contributed by atoms with Gasteiger partial charge in [-0.3, -0.25) is 0 Å². The molecule has 0 radical (unpaired) electrons. The van der Waals surface area contributed by atoms with Crippen LogP contribution in [-0.4, -0.2) is 6.61 Å². The lowest BCUT2D eigenvalue weighted by Crippen LogP contribution is -2.07. The van der Waals surface area contributed by atoms with E-state index in [1.165, 1.54) is 12.1 Å². The van der Waals surface area contributed by atoms with Crippen molar-refractivity contribution in [2.45, 2.75) is 71.6 Å². The summed E-state index contributed by atoms with van der Waals surface area (Å²) in [4.78, 5) is 0. The molecule has 0 N–H and O–H groups in total. The van der Waals surface area contributed by atoms with Crippen molar-refractivity contribution in [1.29, 1.82) is 0 Å². The van der Waals surface area contributed by atoms with Crippen LogP contribution in [0.2, 0.25) is 0 Å². The van der Waals surface area contributed by atoms with E-state index < -0.39 is 23.3 Å². The molecule has 1 aliphatic rings. The Balaban J connectivity index is 1.47. The Hall–Kier alpha value is -3.34. The first-order valence-corrected chi connectivity index (χ1v) is 14.4. The van der Waals surface area contributed by atoms with Gasteiger partial charge in [-0.05, 0) is 80.2 Å². The molecule has 212 valence electrons. The molecule has 4 rings (SSSR count). The molecule has 0 fully saturated rings. The van der Waals surface area contributed by atoms with Gasteiger partial charge < -0.3 is 4.74 Å². The molecule has 0 spiro atoms. The minimum atomic E-state index is -1.03. The van der Waals surface area contributed by atoms with Gasteiger partial charge in [-0.1, -0.05) is 80.8 Å². The number of ether oxygens (including phenoxy) is 1. The first-order chi connectivity index (χ1) is 19.4. The van der Waals surface area contributed by atoms with Crippen molar-refractivity contribution >= 4 is 5.57 Å². The summed E-state index contributed by atoms with van der Waals surface area (Å²) in [6.45, 7) is 4.45. The summed E-state index contributed by atoms with van der Waals surface area (Å²) in [5.74, 6) is -3.31. The number of allylic oxidation sites excluding steroid dienone is 4. The molecule has 1 aliphatic carbocycles. The van der Waals surface area contributed by atoms with Gasteiger partial charge in [-0.25, -0.2) is 13.2 Å².